The molecule has 0 atom stereocenters. The summed E-state index contributed by atoms with van der Waals surface area (Å²) >= 11 is 0. The van der Waals surface area contributed by atoms with Crippen molar-refractivity contribution in [3.63, 3.8) is 0 Å². The fourth-order valence-corrected chi connectivity index (χ4v) is 4.06. The molecule has 6 nitrogen and oxygen atoms in total. The molecule has 0 aliphatic rings. The SMILES string of the molecule is Cc1ccc(S(=O)(=O)Nc2ccc(C(=O)N(C)CCOc3ccccc3)cc2)cc1C. The summed E-state index contributed by atoms with van der Waals surface area (Å²) in [7, 11) is -2.00. The van der Waals surface area contributed by atoms with Crippen molar-refractivity contribution in [3.8, 4) is 5.75 Å². The van der Waals surface area contributed by atoms with Gasteiger partial charge in [0.2, 0.25) is 0 Å². The number of benzene rings is 3. The van der Waals surface area contributed by atoms with E-state index in [2.05, 4.69) is 4.72 Å². The zero-order valence-electron chi connectivity index (χ0n) is 17.8. The molecule has 1 amide bonds. The molecule has 3 rings (SSSR count). The molecular weight excluding hydrogens is 412 g/mol. The lowest BCUT2D eigenvalue weighted by molar-refractivity contribution is 0.0774. The number of para-hydroxylation sites is 1. The van der Waals surface area contributed by atoms with E-state index in [9.17, 15) is 13.2 Å². The predicted molar refractivity (Wildman–Crippen MR) is 122 cm³/mol. The normalized spacial score (nSPS) is 11.1. The van der Waals surface area contributed by atoms with Crippen LogP contribution in [0.5, 0.6) is 5.75 Å². The second-order valence-corrected chi connectivity index (χ2v) is 9.00. The van der Waals surface area contributed by atoms with Crippen LogP contribution in [-0.2, 0) is 10.0 Å². The first-order valence-corrected chi connectivity index (χ1v) is 11.4. The minimum Gasteiger partial charge on any atom is -0.492 e. The van der Waals surface area contributed by atoms with Gasteiger partial charge in [-0.2, -0.15) is 0 Å². The fraction of sp³-hybridized carbons (Fsp3) is 0.208. The Kier molecular flexibility index (Phi) is 6.97. The molecule has 0 aliphatic carbocycles. The predicted octanol–water partition coefficient (Wildman–Crippen LogP) is 4.26. The van der Waals surface area contributed by atoms with Gasteiger partial charge in [-0.25, -0.2) is 8.42 Å². The summed E-state index contributed by atoms with van der Waals surface area (Å²) in [5.74, 6) is 0.587. The standard InChI is InChI=1S/C24H26N2O4S/c1-18-9-14-23(17-19(18)2)31(28,29)25-21-12-10-20(11-13-21)24(27)26(3)15-16-30-22-7-5-4-6-8-22/h4-14,17,25H,15-16H2,1-3H3. The van der Waals surface area contributed by atoms with E-state index < -0.39 is 10.0 Å². The first-order valence-electron chi connectivity index (χ1n) is 9.90. The lowest BCUT2D eigenvalue weighted by atomic mass is 10.1. The first-order chi connectivity index (χ1) is 14.8. The van der Waals surface area contributed by atoms with Gasteiger partial charge in [-0.1, -0.05) is 24.3 Å². The number of likely N-dealkylation sites (N-methyl/N-ethyl adjacent to an activating group) is 1. The number of carbonyl (C=O) groups excluding carboxylic acids is 1. The third-order valence-electron chi connectivity index (χ3n) is 4.96. The first kappa shape index (κ1) is 22.4. The summed E-state index contributed by atoms with van der Waals surface area (Å²) in [6, 6.07) is 20.8. The third kappa shape index (κ3) is 5.86. The van der Waals surface area contributed by atoms with Gasteiger partial charge >= 0.3 is 0 Å². The molecule has 0 aliphatic heterocycles. The number of rotatable bonds is 8. The van der Waals surface area contributed by atoms with Gasteiger partial charge in [-0.05, 0) is 73.5 Å². The van der Waals surface area contributed by atoms with E-state index in [1.54, 1.807) is 54.4 Å². The number of ether oxygens (including phenoxy) is 1. The summed E-state index contributed by atoms with van der Waals surface area (Å²) < 4.78 is 33.4. The van der Waals surface area contributed by atoms with E-state index in [4.69, 9.17) is 4.74 Å². The molecular formula is C24H26N2O4S. The van der Waals surface area contributed by atoms with Gasteiger partial charge < -0.3 is 9.64 Å². The van der Waals surface area contributed by atoms with E-state index in [1.807, 2.05) is 44.2 Å². The smallest absolute Gasteiger partial charge is 0.261 e. The second-order valence-electron chi connectivity index (χ2n) is 7.32. The van der Waals surface area contributed by atoms with Gasteiger partial charge in [0.1, 0.15) is 12.4 Å². The van der Waals surface area contributed by atoms with E-state index >= 15 is 0 Å². The molecule has 7 heteroatoms. The number of hydrogen-bond acceptors (Lipinski definition) is 4. The maximum absolute atomic E-state index is 12.6. The van der Waals surface area contributed by atoms with Gasteiger partial charge in [0, 0.05) is 18.3 Å². The van der Waals surface area contributed by atoms with Crippen molar-refractivity contribution >= 4 is 21.6 Å². The summed E-state index contributed by atoms with van der Waals surface area (Å²) in [4.78, 5) is 14.4. The molecule has 0 saturated carbocycles. The van der Waals surface area contributed by atoms with Crippen LogP contribution in [0.4, 0.5) is 5.69 Å². The van der Waals surface area contributed by atoms with Crippen molar-refractivity contribution < 1.29 is 17.9 Å². The molecule has 1 N–H and O–H groups in total. The second kappa shape index (κ2) is 9.66. The molecule has 0 spiro atoms. The minimum atomic E-state index is -3.70. The number of anilines is 1. The Morgan fingerprint density at radius 1 is 0.935 bits per heavy atom. The average molecular weight is 439 g/mol. The Morgan fingerprint density at radius 3 is 2.26 bits per heavy atom. The molecule has 31 heavy (non-hydrogen) atoms. The zero-order valence-corrected chi connectivity index (χ0v) is 18.6. The number of aryl methyl sites for hydroxylation is 2. The largest absolute Gasteiger partial charge is 0.492 e. The number of nitrogens with zero attached hydrogens (tertiary/aromatic N) is 1. The molecule has 0 saturated heterocycles. The molecule has 0 unspecified atom stereocenters. The molecule has 0 aromatic heterocycles. The van der Waals surface area contributed by atoms with Gasteiger partial charge in [-0.3, -0.25) is 9.52 Å². The van der Waals surface area contributed by atoms with Crippen molar-refractivity contribution in [2.45, 2.75) is 18.7 Å². The lowest BCUT2D eigenvalue weighted by Crippen LogP contribution is -2.30. The van der Waals surface area contributed by atoms with Gasteiger partial charge in [0.25, 0.3) is 15.9 Å². The van der Waals surface area contributed by atoms with Crippen LogP contribution in [0.15, 0.2) is 77.7 Å². The van der Waals surface area contributed by atoms with Crippen LogP contribution in [0, 0.1) is 13.8 Å². The van der Waals surface area contributed by atoms with Crippen molar-refractivity contribution in [2.24, 2.45) is 0 Å². The minimum absolute atomic E-state index is 0.166. The maximum atomic E-state index is 12.6. The van der Waals surface area contributed by atoms with E-state index in [1.165, 1.54) is 0 Å². The molecule has 3 aromatic carbocycles. The molecule has 0 fully saturated rings. The number of hydrogen-bond donors (Lipinski definition) is 1. The van der Waals surface area contributed by atoms with Gasteiger partial charge in [0.05, 0.1) is 11.4 Å². The summed E-state index contributed by atoms with van der Waals surface area (Å²) in [5, 5.41) is 0. The summed E-state index contributed by atoms with van der Waals surface area (Å²) in [6.45, 7) is 4.60. The number of amides is 1. The van der Waals surface area contributed by atoms with Crippen LogP contribution in [0.2, 0.25) is 0 Å². The van der Waals surface area contributed by atoms with Crippen LogP contribution in [0.25, 0.3) is 0 Å². The maximum Gasteiger partial charge on any atom is 0.261 e. The molecule has 3 aromatic rings. The molecule has 0 bridgehead atoms. The van der Waals surface area contributed by atoms with Crippen molar-refractivity contribution in [1.82, 2.24) is 4.90 Å². The Balaban J connectivity index is 1.59. The highest BCUT2D eigenvalue weighted by Gasteiger charge is 2.16. The van der Waals surface area contributed by atoms with E-state index in [-0.39, 0.29) is 10.8 Å². The monoisotopic (exact) mass is 438 g/mol. The highest BCUT2D eigenvalue weighted by atomic mass is 32.2. The van der Waals surface area contributed by atoms with Crippen LogP contribution in [0.1, 0.15) is 21.5 Å². The number of sulfonamides is 1. The van der Waals surface area contributed by atoms with E-state index in [0.717, 1.165) is 16.9 Å². The average Bonchev–Trinajstić information content (AvgIpc) is 2.76. The Hall–Kier alpha value is -3.32. The van der Waals surface area contributed by atoms with Crippen LogP contribution in [-0.4, -0.2) is 39.4 Å². The molecule has 0 radical (unpaired) electrons. The quantitative estimate of drug-likeness (QED) is 0.570. The fourth-order valence-electron chi connectivity index (χ4n) is 2.92. The highest BCUT2D eigenvalue weighted by molar-refractivity contribution is 7.92. The Bertz CT molecular complexity index is 1140. The van der Waals surface area contributed by atoms with Gasteiger partial charge in [0.15, 0.2) is 0 Å². The van der Waals surface area contributed by atoms with Crippen molar-refractivity contribution in [2.75, 3.05) is 24.9 Å². The summed E-state index contributed by atoms with van der Waals surface area (Å²) in [5.41, 5.74) is 2.80. The van der Waals surface area contributed by atoms with Crippen LogP contribution in [0.3, 0.4) is 0 Å². The molecule has 0 heterocycles. The van der Waals surface area contributed by atoms with Crippen molar-refractivity contribution in [1.29, 1.82) is 0 Å². The topological polar surface area (TPSA) is 75.7 Å². The summed E-state index contributed by atoms with van der Waals surface area (Å²) in [6.07, 6.45) is 0. The van der Waals surface area contributed by atoms with Gasteiger partial charge in [-0.15, -0.1) is 0 Å². The highest BCUT2D eigenvalue weighted by Crippen LogP contribution is 2.19. The Labute approximate surface area is 183 Å². The van der Waals surface area contributed by atoms with Crippen LogP contribution >= 0.6 is 0 Å². The third-order valence-corrected chi connectivity index (χ3v) is 6.34. The number of carbonyl (C=O) groups is 1. The van der Waals surface area contributed by atoms with Crippen LogP contribution < -0.4 is 9.46 Å². The van der Waals surface area contributed by atoms with Crippen molar-refractivity contribution in [3.05, 3.63) is 89.5 Å². The Morgan fingerprint density at radius 2 is 1.61 bits per heavy atom. The molecule has 162 valence electrons. The lowest BCUT2D eigenvalue weighted by Gasteiger charge is -2.18. The van der Waals surface area contributed by atoms with E-state index in [0.29, 0.717) is 24.4 Å². The zero-order chi connectivity index (χ0) is 22.4. The number of nitrogens with one attached hydrogen (secondary N) is 1.